The van der Waals surface area contributed by atoms with E-state index in [0.717, 1.165) is 11.1 Å². The second-order valence-corrected chi connectivity index (χ2v) is 5.88. The lowest BCUT2D eigenvalue weighted by atomic mass is 10.1. The molecule has 26 heavy (non-hydrogen) atoms. The summed E-state index contributed by atoms with van der Waals surface area (Å²) in [5, 5.41) is 5.41. The zero-order valence-electron chi connectivity index (χ0n) is 13.9. The average molecular weight is 345 g/mol. The molecule has 0 spiro atoms. The fourth-order valence-electron chi connectivity index (χ4n) is 2.66. The van der Waals surface area contributed by atoms with Crippen molar-refractivity contribution < 1.29 is 4.79 Å². The molecule has 1 amide bonds. The van der Waals surface area contributed by atoms with E-state index in [1.54, 1.807) is 18.2 Å². The maximum absolute atomic E-state index is 12.3. The Hall–Kier alpha value is -3.74. The van der Waals surface area contributed by atoms with Crippen molar-refractivity contribution in [3.05, 3.63) is 82.1 Å². The van der Waals surface area contributed by atoms with E-state index in [9.17, 15) is 9.59 Å². The molecule has 0 aliphatic carbocycles. The Balaban J connectivity index is 1.68. The first kappa shape index (κ1) is 15.8. The maximum atomic E-state index is 12.3. The Morgan fingerprint density at radius 1 is 1.04 bits per heavy atom. The highest BCUT2D eigenvalue weighted by Gasteiger charge is 2.12. The Kier molecular flexibility index (Phi) is 3.81. The van der Waals surface area contributed by atoms with E-state index in [2.05, 4.69) is 20.4 Å². The topological polar surface area (TPSA) is 92.2 Å². The SMILES string of the molecule is Cc1cccc(C(=O)Nc2nc3nc(-c4ccccc4)cc(=O)n3[nH]2)c1. The molecule has 2 aromatic carbocycles. The van der Waals surface area contributed by atoms with Crippen molar-refractivity contribution in [2.24, 2.45) is 0 Å². The minimum Gasteiger partial charge on any atom is -0.291 e. The van der Waals surface area contributed by atoms with Gasteiger partial charge in [0.15, 0.2) is 0 Å². The van der Waals surface area contributed by atoms with Crippen molar-refractivity contribution in [1.29, 1.82) is 0 Å². The Morgan fingerprint density at radius 3 is 2.62 bits per heavy atom. The molecule has 0 atom stereocenters. The Morgan fingerprint density at radius 2 is 1.85 bits per heavy atom. The van der Waals surface area contributed by atoms with Gasteiger partial charge in [-0.15, -0.1) is 0 Å². The van der Waals surface area contributed by atoms with Crippen LogP contribution in [-0.4, -0.2) is 25.5 Å². The van der Waals surface area contributed by atoms with Crippen LogP contribution in [0.3, 0.4) is 0 Å². The molecule has 0 radical (unpaired) electrons. The molecule has 0 unspecified atom stereocenters. The van der Waals surface area contributed by atoms with Crippen molar-refractivity contribution in [3.8, 4) is 11.3 Å². The highest BCUT2D eigenvalue weighted by Crippen LogP contribution is 2.15. The van der Waals surface area contributed by atoms with Gasteiger partial charge in [0.25, 0.3) is 17.2 Å². The summed E-state index contributed by atoms with van der Waals surface area (Å²) < 4.78 is 1.19. The van der Waals surface area contributed by atoms with Crippen molar-refractivity contribution >= 4 is 17.6 Å². The van der Waals surface area contributed by atoms with Gasteiger partial charge in [0.1, 0.15) is 0 Å². The lowest BCUT2D eigenvalue weighted by Gasteiger charge is -2.02. The molecule has 0 aliphatic heterocycles. The lowest BCUT2D eigenvalue weighted by molar-refractivity contribution is 0.102. The number of amides is 1. The summed E-state index contributed by atoms with van der Waals surface area (Å²) in [7, 11) is 0. The maximum Gasteiger partial charge on any atom is 0.274 e. The average Bonchev–Trinajstić information content (AvgIpc) is 3.05. The fraction of sp³-hybridized carbons (Fsp3) is 0.0526. The molecule has 7 heteroatoms. The molecule has 4 rings (SSSR count). The number of benzene rings is 2. The van der Waals surface area contributed by atoms with Gasteiger partial charge >= 0.3 is 0 Å². The molecule has 0 fully saturated rings. The first-order valence-electron chi connectivity index (χ1n) is 8.03. The van der Waals surface area contributed by atoms with Crippen molar-refractivity contribution in [3.63, 3.8) is 0 Å². The molecule has 0 bridgehead atoms. The third-order valence-corrected chi connectivity index (χ3v) is 3.91. The summed E-state index contributed by atoms with van der Waals surface area (Å²) in [5.41, 5.74) is 2.53. The number of rotatable bonds is 3. The van der Waals surface area contributed by atoms with Crippen LogP contribution in [0.1, 0.15) is 15.9 Å². The highest BCUT2D eigenvalue weighted by atomic mass is 16.2. The monoisotopic (exact) mass is 345 g/mol. The van der Waals surface area contributed by atoms with Gasteiger partial charge in [0.05, 0.1) is 5.69 Å². The number of hydrogen-bond donors (Lipinski definition) is 2. The van der Waals surface area contributed by atoms with Gasteiger partial charge in [-0.1, -0.05) is 48.0 Å². The van der Waals surface area contributed by atoms with Crippen LogP contribution in [0.4, 0.5) is 5.95 Å². The number of fused-ring (bicyclic) bond motifs is 1. The summed E-state index contributed by atoms with van der Waals surface area (Å²) in [6, 6.07) is 18.0. The molecule has 4 aromatic rings. The number of nitrogens with zero attached hydrogens (tertiary/aromatic N) is 3. The van der Waals surface area contributed by atoms with Gasteiger partial charge in [0.2, 0.25) is 5.95 Å². The van der Waals surface area contributed by atoms with Gasteiger partial charge in [-0.05, 0) is 19.1 Å². The second-order valence-electron chi connectivity index (χ2n) is 5.88. The minimum atomic E-state index is -0.316. The Labute approximate surface area is 148 Å². The molecule has 0 aliphatic rings. The largest absolute Gasteiger partial charge is 0.291 e. The zero-order valence-corrected chi connectivity index (χ0v) is 13.9. The van der Waals surface area contributed by atoms with E-state index in [1.807, 2.05) is 43.3 Å². The van der Waals surface area contributed by atoms with Crippen LogP contribution >= 0.6 is 0 Å². The molecule has 2 N–H and O–H groups in total. The van der Waals surface area contributed by atoms with Crippen LogP contribution < -0.4 is 10.9 Å². The lowest BCUT2D eigenvalue weighted by Crippen LogP contribution is -2.16. The third-order valence-electron chi connectivity index (χ3n) is 3.91. The summed E-state index contributed by atoms with van der Waals surface area (Å²) in [6.45, 7) is 1.91. The molecular weight excluding hydrogens is 330 g/mol. The third kappa shape index (κ3) is 2.98. The molecule has 128 valence electrons. The van der Waals surface area contributed by atoms with Crippen LogP contribution in [0.15, 0.2) is 65.5 Å². The summed E-state index contributed by atoms with van der Waals surface area (Å²) in [4.78, 5) is 33.3. The molecule has 2 heterocycles. The number of carbonyl (C=O) groups excluding carboxylic acids is 1. The first-order valence-corrected chi connectivity index (χ1v) is 8.03. The van der Waals surface area contributed by atoms with Crippen molar-refractivity contribution in [2.45, 2.75) is 6.92 Å². The van der Waals surface area contributed by atoms with Gasteiger partial charge in [-0.25, -0.2) is 4.98 Å². The number of hydrogen-bond acceptors (Lipinski definition) is 4. The van der Waals surface area contributed by atoms with Crippen molar-refractivity contribution in [2.75, 3.05) is 5.32 Å². The number of aromatic amines is 1. The van der Waals surface area contributed by atoms with Crippen LogP contribution in [0.5, 0.6) is 0 Å². The first-order chi connectivity index (χ1) is 12.6. The molecule has 2 aromatic heterocycles. The number of nitrogens with one attached hydrogen (secondary N) is 2. The predicted octanol–water partition coefficient (Wildman–Crippen LogP) is 2.65. The molecule has 0 saturated heterocycles. The highest BCUT2D eigenvalue weighted by molar-refractivity contribution is 6.03. The van der Waals surface area contributed by atoms with Crippen LogP contribution in [0, 0.1) is 6.92 Å². The normalized spacial score (nSPS) is 10.8. The van der Waals surface area contributed by atoms with Gasteiger partial charge in [0, 0.05) is 17.2 Å². The summed E-state index contributed by atoms with van der Waals surface area (Å²) in [5.74, 6) is 0.0336. The number of aromatic nitrogens is 4. The number of H-pyrrole nitrogens is 1. The van der Waals surface area contributed by atoms with Gasteiger partial charge in [-0.3, -0.25) is 20.0 Å². The number of carbonyl (C=O) groups is 1. The zero-order chi connectivity index (χ0) is 18.1. The van der Waals surface area contributed by atoms with Crippen molar-refractivity contribution in [1.82, 2.24) is 19.6 Å². The standard InChI is InChI=1S/C19H15N5O2/c1-12-6-5-9-14(10-12)17(26)21-18-22-19-20-15(11-16(25)24(19)23-18)13-7-3-2-4-8-13/h2-11H,1H3,(H2,20,21,22,23,26). The summed E-state index contributed by atoms with van der Waals surface area (Å²) >= 11 is 0. The fourth-order valence-corrected chi connectivity index (χ4v) is 2.66. The van der Waals surface area contributed by atoms with Gasteiger partial charge < -0.3 is 0 Å². The molecular formula is C19H15N5O2. The predicted molar refractivity (Wildman–Crippen MR) is 98.2 cm³/mol. The van der Waals surface area contributed by atoms with E-state index in [0.29, 0.717) is 11.3 Å². The molecule has 7 nitrogen and oxygen atoms in total. The Bertz CT molecular complexity index is 1160. The summed E-state index contributed by atoms with van der Waals surface area (Å²) in [6.07, 6.45) is 0. The van der Waals surface area contributed by atoms with Gasteiger partial charge in [-0.2, -0.15) is 9.50 Å². The smallest absolute Gasteiger partial charge is 0.274 e. The minimum absolute atomic E-state index is 0.159. The number of anilines is 1. The molecule has 0 saturated carbocycles. The van der Waals surface area contributed by atoms with Crippen LogP contribution in [-0.2, 0) is 0 Å². The van der Waals surface area contributed by atoms with E-state index in [-0.39, 0.29) is 23.2 Å². The van der Waals surface area contributed by atoms with E-state index in [4.69, 9.17) is 0 Å². The van der Waals surface area contributed by atoms with E-state index >= 15 is 0 Å². The number of aryl methyl sites for hydroxylation is 1. The second kappa shape index (κ2) is 6.29. The van der Waals surface area contributed by atoms with E-state index < -0.39 is 0 Å². The van der Waals surface area contributed by atoms with E-state index in [1.165, 1.54) is 10.6 Å². The van der Waals surface area contributed by atoms with Crippen LogP contribution in [0.2, 0.25) is 0 Å². The quantitative estimate of drug-likeness (QED) is 0.597. The van der Waals surface area contributed by atoms with Crippen LogP contribution in [0.25, 0.3) is 17.0 Å².